The van der Waals surface area contributed by atoms with Gasteiger partial charge in [-0.25, -0.2) is 4.79 Å². The quantitative estimate of drug-likeness (QED) is 0.633. The number of carbonyl (C=O) groups excluding carboxylic acids is 1. The zero-order chi connectivity index (χ0) is 12.1. The first-order valence-corrected chi connectivity index (χ1v) is 6.17. The van der Waals surface area contributed by atoms with Gasteiger partial charge in [0.05, 0.1) is 12.1 Å². The van der Waals surface area contributed by atoms with Crippen molar-refractivity contribution < 1.29 is 14.3 Å². The molecule has 1 rings (SSSR count). The zero-order valence-corrected chi connectivity index (χ0v) is 11.3. The fourth-order valence-corrected chi connectivity index (χ4v) is 1.64. The Morgan fingerprint density at radius 2 is 2.25 bits per heavy atom. The van der Waals surface area contributed by atoms with E-state index < -0.39 is 12.1 Å². The van der Waals surface area contributed by atoms with Gasteiger partial charge in [-0.2, -0.15) is 0 Å². The number of rotatable bonds is 4. The topological polar surface area (TPSA) is 35.5 Å². The van der Waals surface area contributed by atoms with Gasteiger partial charge in [0.1, 0.15) is 5.75 Å². The minimum absolute atomic E-state index is 0.430. The van der Waals surface area contributed by atoms with Crippen molar-refractivity contribution in [1.29, 1.82) is 0 Å². The smallest absolute Gasteiger partial charge is 0.346 e. The Labute approximate surface area is 108 Å². The van der Waals surface area contributed by atoms with Crippen LogP contribution in [0.4, 0.5) is 0 Å². The third-order valence-electron chi connectivity index (χ3n) is 1.99. The minimum atomic E-state index is -0.673. The van der Waals surface area contributed by atoms with Gasteiger partial charge in [0, 0.05) is 5.33 Å². The lowest BCUT2D eigenvalue weighted by atomic mass is 10.2. The molecule has 0 aliphatic heterocycles. The van der Waals surface area contributed by atoms with Crippen molar-refractivity contribution in [1.82, 2.24) is 0 Å². The second-order valence-corrected chi connectivity index (χ2v) is 4.15. The molecule has 0 aromatic heterocycles. The molecule has 0 aliphatic carbocycles. The van der Waals surface area contributed by atoms with Gasteiger partial charge in [0.2, 0.25) is 0 Å². The van der Waals surface area contributed by atoms with Gasteiger partial charge in [-0.05, 0) is 24.6 Å². The number of hydrogen-bond acceptors (Lipinski definition) is 3. The normalized spacial score (nSPS) is 12.0. The molecule has 0 radical (unpaired) electrons. The number of benzene rings is 1. The Kier molecular flexibility index (Phi) is 5.09. The summed E-state index contributed by atoms with van der Waals surface area (Å²) in [6.45, 7) is 1.61. The summed E-state index contributed by atoms with van der Waals surface area (Å²) in [4.78, 5) is 11.2. The van der Waals surface area contributed by atoms with Crippen LogP contribution in [0.15, 0.2) is 18.2 Å². The number of methoxy groups -OCH3 is 1. The number of alkyl halides is 1. The molecular weight excluding hydrogens is 295 g/mol. The molecule has 1 aromatic carbocycles. The highest BCUT2D eigenvalue weighted by Gasteiger charge is 2.16. The molecule has 0 N–H and O–H groups in total. The van der Waals surface area contributed by atoms with Crippen LogP contribution in [-0.4, -0.2) is 19.2 Å². The third kappa shape index (κ3) is 3.39. The maximum absolute atomic E-state index is 11.2. The zero-order valence-electron chi connectivity index (χ0n) is 9.00. The summed E-state index contributed by atoms with van der Waals surface area (Å²) in [7, 11) is 1.32. The van der Waals surface area contributed by atoms with Crippen molar-refractivity contribution in [2.75, 3.05) is 7.11 Å². The maximum Gasteiger partial charge on any atom is 0.346 e. The van der Waals surface area contributed by atoms with Crippen LogP contribution in [0.3, 0.4) is 0 Å². The summed E-state index contributed by atoms with van der Waals surface area (Å²) >= 11 is 9.29. The van der Waals surface area contributed by atoms with E-state index in [1.165, 1.54) is 7.11 Å². The second-order valence-electron chi connectivity index (χ2n) is 3.18. The summed E-state index contributed by atoms with van der Waals surface area (Å²) in [5.41, 5.74) is 1.02. The average Bonchev–Trinajstić information content (AvgIpc) is 2.30. The maximum atomic E-state index is 11.2. The van der Waals surface area contributed by atoms with E-state index in [9.17, 15) is 4.79 Å². The summed E-state index contributed by atoms with van der Waals surface area (Å²) in [5, 5.41) is 1.17. The molecule has 5 heteroatoms. The Bertz CT molecular complexity index is 381. The molecule has 1 atom stereocenters. The minimum Gasteiger partial charge on any atom is -0.477 e. The van der Waals surface area contributed by atoms with E-state index in [0.29, 0.717) is 16.1 Å². The van der Waals surface area contributed by atoms with Crippen molar-refractivity contribution in [3.8, 4) is 5.75 Å². The summed E-state index contributed by atoms with van der Waals surface area (Å²) in [6.07, 6.45) is -0.673. The number of hydrogen-bond donors (Lipinski definition) is 0. The highest BCUT2D eigenvalue weighted by molar-refractivity contribution is 9.08. The van der Waals surface area contributed by atoms with Gasteiger partial charge in [-0.1, -0.05) is 33.6 Å². The van der Waals surface area contributed by atoms with Crippen molar-refractivity contribution in [3.63, 3.8) is 0 Å². The van der Waals surface area contributed by atoms with Crippen LogP contribution < -0.4 is 4.74 Å². The molecule has 1 aromatic rings. The monoisotopic (exact) mass is 306 g/mol. The van der Waals surface area contributed by atoms with Gasteiger partial charge in [0.25, 0.3) is 0 Å². The average molecular weight is 308 g/mol. The predicted octanol–water partition coefficient (Wildman–Crippen LogP) is 3.18. The molecular formula is C11H12BrClO3. The predicted molar refractivity (Wildman–Crippen MR) is 66.2 cm³/mol. The molecule has 0 spiro atoms. The van der Waals surface area contributed by atoms with Crippen molar-refractivity contribution in [3.05, 3.63) is 28.8 Å². The van der Waals surface area contributed by atoms with Gasteiger partial charge < -0.3 is 9.47 Å². The van der Waals surface area contributed by atoms with Crippen molar-refractivity contribution in [2.45, 2.75) is 18.4 Å². The standard InChI is InChI=1S/C11H12BrClO3/c1-7(11(14)15-2)16-10-5-8(6-12)3-4-9(10)13/h3-5,7H,6H2,1-2H3. The van der Waals surface area contributed by atoms with E-state index in [2.05, 4.69) is 20.7 Å². The highest BCUT2D eigenvalue weighted by atomic mass is 79.9. The number of ether oxygens (including phenoxy) is 2. The Morgan fingerprint density at radius 1 is 1.56 bits per heavy atom. The number of esters is 1. The Morgan fingerprint density at radius 3 is 2.81 bits per heavy atom. The fourth-order valence-electron chi connectivity index (χ4n) is 1.13. The molecule has 3 nitrogen and oxygen atoms in total. The molecule has 0 bridgehead atoms. The number of carbonyl (C=O) groups is 1. The van der Waals surface area contributed by atoms with Crippen LogP contribution in [0.2, 0.25) is 5.02 Å². The Hall–Kier alpha value is -0.740. The molecule has 88 valence electrons. The van der Waals surface area contributed by atoms with Gasteiger partial charge >= 0.3 is 5.97 Å². The van der Waals surface area contributed by atoms with Gasteiger partial charge in [0.15, 0.2) is 6.10 Å². The van der Waals surface area contributed by atoms with E-state index in [0.717, 1.165) is 5.56 Å². The van der Waals surface area contributed by atoms with Crippen LogP contribution in [0.25, 0.3) is 0 Å². The van der Waals surface area contributed by atoms with Crippen molar-refractivity contribution >= 4 is 33.5 Å². The van der Waals surface area contributed by atoms with E-state index in [1.807, 2.05) is 6.07 Å². The third-order valence-corrected chi connectivity index (χ3v) is 2.95. The first kappa shape index (κ1) is 13.3. The van der Waals surface area contributed by atoms with E-state index in [4.69, 9.17) is 16.3 Å². The second kappa shape index (κ2) is 6.11. The molecule has 0 saturated carbocycles. The lowest BCUT2D eigenvalue weighted by Crippen LogP contribution is -2.25. The van der Waals surface area contributed by atoms with Crippen LogP contribution in [0.5, 0.6) is 5.75 Å². The summed E-state index contributed by atoms with van der Waals surface area (Å²) in [5.74, 6) is 0.0526. The van der Waals surface area contributed by atoms with E-state index in [1.54, 1.807) is 19.1 Å². The largest absolute Gasteiger partial charge is 0.477 e. The SMILES string of the molecule is COC(=O)C(C)Oc1cc(CBr)ccc1Cl. The number of halogens is 2. The van der Waals surface area contributed by atoms with Crippen LogP contribution in [0.1, 0.15) is 12.5 Å². The molecule has 0 heterocycles. The molecule has 16 heavy (non-hydrogen) atoms. The lowest BCUT2D eigenvalue weighted by molar-refractivity contribution is -0.147. The molecule has 0 amide bonds. The molecule has 0 aliphatic rings. The van der Waals surface area contributed by atoms with E-state index in [-0.39, 0.29) is 0 Å². The fraction of sp³-hybridized carbons (Fsp3) is 0.364. The van der Waals surface area contributed by atoms with Crippen molar-refractivity contribution in [2.24, 2.45) is 0 Å². The lowest BCUT2D eigenvalue weighted by Gasteiger charge is -2.14. The Balaban J connectivity index is 2.83. The first-order chi connectivity index (χ1) is 7.58. The van der Waals surface area contributed by atoms with Crippen LogP contribution in [-0.2, 0) is 14.9 Å². The van der Waals surface area contributed by atoms with E-state index >= 15 is 0 Å². The highest BCUT2D eigenvalue weighted by Crippen LogP contribution is 2.27. The molecule has 0 fully saturated rings. The summed E-state index contributed by atoms with van der Waals surface area (Å²) < 4.78 is 9.98. The van der Waals surface area contributed by atoms with Gasteiger partial charge in [-0.3, -0.25) is 0 Å². The molecule has 1 unspecified atom stereocenters. The molecule has 0 saturated heterocycles. The first-order valence-electron chi connectivity index (χ1n) is 4.67. The van der Waals surface area contributed by atoms with Crippen LogP contribution >= 0.6 is 27.5 Å². The van der Waals surface area contributed by atoms with Crippen LogP contribution in [0, 0.1) is 0 Å². The summed E-state index contributed by atoms with van der Waals surface area (Å²) in [6, 6.07) is 5.40. The van der Waals surface area contributed by atoms with Gasteiger partial charge in [-0.15, -0.1) is 0 Å².